The number of benzene rings is 2. The van der Waals surface area contributed by atoms with Gasteiger partial charge in [-0.25, -0.2) is 0 Å². The minimum atomic E-state index is 0.510. The molecule has 0 saturated heterocycles. The molecule has 0 fully saturated rings. The average molecular weight is 317 g/mol. The van der Waals surface area contributed by atoms with E-state index in [-0.39, 0.29) is 0 Å². The number of pyridine rings is 1. The highest BCUT2D eigenvalue weighted by Gasteiger charge is 2.15. The highest BCUT2D eigenvalue weighted by molar-refractivity contribution is 6.00. The third-order valence-electron chi connectivity index (χ3n) is 3.93. The molecule has 0 radical (unpaired) electrons. The van der Waals surface area contributed by atoms with E-state index in [0.29, 0.717) is 11.8 Å². The van der Waals surface area contributed by atoms with Crippen molar-refractivity contribution >= 4 is 10.9 Å². The zero-order valence-electron chi connectivity index (χ0n) is 13.4. The van der Waals surface area contributed by atoms with Gasteiger partial charge in [0.15, 0.2) is 0 Å². The Balaban J connectivity index is 2.00. The first-order chi connectivity index (χ1) is 11.8. The van der Waals surface area contributed by atoms with Crippen LogP contribution in [0.15, 0.2) is 59.1 Å². The third-order valence-corrected chi connectivity index (χ3v) is 3.93. The van der Waals surface area contributed by atoms with Gasteiger partial charge in [0.2, 0.25) is 11.8 Å². The predicted molar refractivity (Wildman–Crippen MR) is 91.8 cm³/mol. The Bertz CT molecular complexity index is 1020. The van der Waals surface area contributed by atoms with E-state index in [4.69, 9.17) is 9.15 Å². The normalized spacial score (nSPS) is 10.9. The number of methoxy groups -OCH3 is 1. The van der Waals surface area contributed by atoms with Crippen molar-refractivity contribution in [1.82, 2.24) is 15.2 Å². The maximum atomic E-state index is 5.63. The summed E-state index contributed by atoms with van der Waals surface area (Å²) < 4.78 is 11.1. The second-order valence-electron chi connectivity index (χ2n) is 5.39. The van der Waals surface area contributed by atoms with Crippen LogP contribution in [0.3, 0.4) is 0 Å². The van der Waals surface area contributed by atoms with Gasteiger partial charge in [0.05, 0.1) is 7.11 Å². The van der Waals surface area contributed by atoms with Crippen LogP contribution in [-0.2, 0) is 0 Å². The Morgan fingerprint density at radius 3 is 2.46 bits per heavy atom. The van der Waals surface area contributed by atoms with Gasteiger partial charge in [0, 0.05) is 24.1 Å². The van der Waals surface area contributed by atoms with Crippen molar-refractivity contribution in [3.63, 3.8) is 0 Å². The quantitative estimate of drug-likeness (QED) is 0.565. The molecule has 0 unspecified atom stereocenters. The number of ether oxygens (including phenoxy) is 1. The number of aromatic nitrogens is 3. The summed E-state index contributed by atoms with van der Waals surface area (Å²) in [7, 11) is 1.65. The molecule has 0 saturated carbocycles. The van der Waals surface area contributed by atoms with Crippen molar-refractivity contribution in [2.45, 2.75) is 6.92 Å². The van der Waals surface area contributed by atoms with Crippen molar-refractivity contribution in [3.05, 3.63) is 60.6 Å². The summed E-state index contributed by atoms with van der Waals surface area (Å²) in [5.41, 5.74) is 3.79. The number of nitrogens with zero attached hydrogens (tertiary/aromatic N) is 3. The van der Waals surface area contributed by atoms with Crippen LogP contribution in [0.1, 0.15) is 5.89 Å². The molecule has 2 heterocycles. The highest BCUT2D eigenvalue weighted by Crippen LogP contribution is 2.37. The number of hydrogen-bond donors (Lipinski definition) is 0. The third kappa shape index (κ3) is 2.31. The van der Waals surface area contributed by atoms with E-state index < -0.39 is 0 Å². The van der Waals surface area contributed by atoms with Crippen LogP contribution in [0.25, 0.3) is 33.5 Å². The largest absolute Gasteiger partial charge is 0.494 e. The maximum absolute atomic E-state index is 5.63. The van der Waals surface area contributed by atoms with Crippen LogP contribution in [0.2, 0.25) is 0 Å². The van der Waals surface area contributed by atoms with Gasteiger partial charge >= 0.3 is 0 Å². The molecule has 4 aromatic rings. The lowest BCUT2D eigenvalue weighted by Crippen LogP contribution is -1.91. The van der Waals surface area contributed by atoms with Crippen LogP contribution in [0, 0.1) is 6.92 Å². The monoisotopic (exact) mass is 317 g/mol. The second kappa shape index (κ2) is 5.77. The molecule has 2 aromatic carbocycles. The summed E-state index contributed by atoms with van der Waals surface area (Å²) in [5, 5.41) is 9.11. The Morgan fingerprint density at radius 2 is 1.71 bits per heavy atom. The van der Waals surface area contributed by atoms with Crippen LogP contribution in [0.4, 0.5) is 0 Å². The van der Waals surface area contributed by atoms with Crippen LogP contribution in [-0.4, -0.2) is 22.3 Å². The molecule has 0 N–H and O–H groups in total. The average Bonchev–Trinajstić information content (AvgIpc) is 3.07. The second-order valence-corrected chi connectivity index (χ2v) is 5.39. The van der Waals surface area contributed by atoms with E-state index in [2.05, 4.69) is 15.2 Å². The van der Waals surface area contributed by atoms with Crippen LogP contribution >= 0.6 is 0 Å². The van der Waals surface area contributed by atoms with Crippen molar-refractivity contribution in [2.24, 2.45) is 0 Å². The summed E-state index contributed by atoms with van der Waals surface area (Å²) >= 11 is 0. The van der Waals surface area contributed by atoms with Gasteiger partial charge in [-0.2, -0.15) is 0 Å². The highest BCUT2D eigenvalue weighted by atomic mass is 16.5. The zero-order valence-corrected chi connectivity index (χ0v) is 13.4. The van der Waals surface area contributed by atoms with E-state index in [1.165, 1.54) is 0 Å². The van der Waals surface area contributed by atoms with Gasteiger partial charge in [-0.05, 0) is 35.4 Å². The van der Waals surface area contributed by atoms with Gasteiger partial charge in [-0.15, -0.1) is 10.2 Å². The number of rotatable bonds is 3. The molecule has 24 heavy (non-hydrogen) atoms. The van der Waals surface area contributed by atoms with Gasteiger partial charge in [0.25, 0.3) is 0 Å². The molecule has 0 aliphatic rings. The Kier molecular flexibility index (Phi) is 3.46. The molecule has 5 nitrogen and oxygen atoms in total. The van der Waals surface area contributed by atoms with E-state index in [1.807, 2.05) is 48.5 Å². The summed E-state index contributed by atoms with van der Waals surface area (Å²) in [6.07, 6.45) is 1.77. The number of fused-ring (bicyclic) bond motifs is 1. The van der Waals surface area contributed by atoms with E-state index in [9.17, 15) is 0 Å². The van der Waals surface area contributed by atoms with Crippen LogP contribution in [0.5, 0.6) is 5.75 Å². The molecule has 0 bridgehead atoms. The molecule has 0 aliphatic heterocycles. The molecule has 2 aromatic heterocycles. The van der Waals surface area contributed by atoms with Crippen molar-refractivity contribution in [2.75, 3.05) is 7.11 Å². The lowest BCUT2D eigenvalue weighted by Gasteiger charge is -2.12. The van der Waals surface area contributed by atoms with Gasteiger partial charge in [0.1, 0.15) is 11.3 Å². The van der Waals surface area contributed by atoms with Crippen LogP contribution < -0.4 is 4.74 Å². The molecule has 0 atom stereocenters. The minimum absolute atomic E-state index is 0.510. The SMILES string of the molecule is COc1ccc(-c2ccccc2-c2nnc(C)o2)c2cccnc12. The molecule has 0 aliphatic carbocycles. The standard InChI is InChI=1S/C19H15N3O2/c1-12-21-22-19(24-12)16-7-4-3-6-13(16)14-9-10-17(23-2)18-15(14)8-5-11-20-18/h3-11H,1-2H3. The number of aryl methyl sites for hydroxylation is 1. The van der Waals surface area contributed by atoms with E-state index in [0.717, 1.165) is 33.3 Å². The van der Waals surface area contributed by atoms with Gasteiger partial charge in [-0.3, -0.25) is 4.98 Å². The van der Waals surface area contributed by atoms with E-state index >= 15 is 0 Å². The molecule has 0 amide bonds. The summed E-state index contributed by atoms with van der Waals surface area (Å²) in [6, 6.07) is 15.9. The smallest absolute Gasteiger partial charge is 0.248 e. The molecular formula is C19H15N3O2. The molecule has 118 valence electrons. The first-order valence-electron chi connectivity index (χ1n) is 7.59. The minimum Gasteiger partial charge on any atom is -0.494 e. The molecule has 5 heteroatoms. The zero-order chi connectivity index (χ0) is 16.5. The fraction of sp³-hybridized carbons (Fsp3) is 0.105. The van der Waals surface area contributed by atoms with Crippen molar-refractivity contribution in [1.29, 1.82) is 0 Å². The number of hydrogen-bond acceptors (Lipinski definition) is 5. The fourth-order valence-corrected chi connectivity index (χ4v) is 2.86. The first-order valence-corrected chi connectivity index (χ1v) is 7.59. The Hall–Kier alpha value is -3.21. The summed E-state index contributed by atoms with van der Waals surface area (Å²) in [4.78, 5) is 4.47. The van der Waals surface area contributed by atoms with Gasteiger partial charge in [-0.1, -0.05) is 24.3 Å². The maximum Gasteiger partial charge on any atom is 0.248 e. The molecule has 0 spiro atoms. The lowest BCUT2D eigenvalue weighted by molar-refractivity contribution is 0.419. The van der Waals surface area contributed by atoms with Crippen molar-refractivity contribution < 1.29 is 9.15 Å². The molecule has 4 rings (SSSR count). The summed E-state index contributed by atoms with van der Waals surface area (Å²) in [5.74, 6) is 1.80. The van der Waals surface area contributed by atoms with Gasteiger partial charge < -0.3 is 9.15 Å². The Morgan fingerprint density at radius 1 is 0.875 bits per heavy atom. The van der Waals surface area contributed by atoms with E-state index in [1.54, 1.807) is 20.2 Å². The van der Waals surface area contributed by atoms with Crippen molar-refractivity contribution in [3.8, 4) is 28.3 Å². The topological polar surface area (TPSA) is 61.0 Å². The Labute approximate surface area is 138 Å². The molecular weight excluding hydrogens is 302 g/mol. The fourth-order valence-electron chi connectivity index (χ4n) is 2.86. The predicted octanol–water partition coefficient (Wildman–Crippen LogP) is 4.27. The first kappa shape index (κ1) is 14.4. The lowest BCUT2D eigenvalue weighted by atomic mass is 9.96. The summed E-state index contributed by atoms with van der Waals surface area (Å²) in [6.45, 7) is 1.78.